The maximum absolute atomic E-state index is 9.50. The van der Waals surface area contributed by atoms with Crippen molar-refractivity contribution in [2.75, 3.05) is 12.3 Å². The summed E-state index contributed by atoms with van der Waals surface area (Å²) in [6.45, 7) is 4.74. The van der Waals surface area contributed by atoms with E-state index in [0.717, 1.165) is 25.8 Å². The van der Waals surface area contributed by atoms with Crippen LogP contribution in [0.15, 0.2) is 9.64 Å². The second-order valence-electron chi connectivity index (χ2n) is 4.66. The van der Waals surface area contributed by atoms with Crippen molar-refractivity contribution in [1.82, 2.24) is 15.5 Å². The fourth-order valence-corrected chi connectivity index (χ4v) is 2.94. The van der Waals surface area contributed by atoms with Crippen LogP contribution in [0.2, 0.25) is 0 Å². The van der Waals surface area contributed by atoms with E-state index in [2.05, 4.69) is 28.5 Å². The van der Waals surface area contributed by atoms with Gasteiger partial charge in [-0.3, -0.25) is 5.32 Å². The average Bonchev–Trinajstić information content (AvgIpc) is 3.14. The van der Waals surface area contributed by atoms with Gasteiger partial charge < -0.3 is 4.42 Å². The zero-order chi connectivity index (χ0) is 13.0. The Labute approximate surface area is 111 Å². The molecule has 1 aliphatic carbocycles. The highest BCUT2D eigenvalue weighted by molar-refractivity contribution is 7.99. The topological polar surface area (TPSA) is 74.7 Å². The first-order valence-electron chi connectivity index (χ1n) is 6.29. The summed E-state index contributed by atoms with van der Waals surface area (Å²) in [5.74, 6) is 1.69. The van der Waals surface area contributed by atoms with E-state index in [0.29, 0.717) is 22.8 Å². The molecule has 5 nitrogen and oxygen atoms in total. The average molecular weight is 266 g/mol. The Morgan fingerprint density at radius 3 is 2.83 bits per heavy atom. The van der Waals surface area contributed by atoms with E-state index in [9.17, 15) is 5.26 Å². The van der Waals surface area contributed by atoms with Crippen LogP contribution in [0.25, 0.3) is 0 Å². The first-order chi connectivity index (χ1) is 8.70. The number of aryl methyl sites for hydroxylation is 1. The molecule has 1 fully saturated rings. The third kappa shape index (κ3) is 3.03. The Bertz CT molecular complexity index is 438. The van der Waals surface area contributed by atoms with Gasteiger partial charge in [-0.1, -0.05) is 18.7 Å². The quantitative estimate of drug-likeness (QED) is 0.762. The molecule has 0 spiro atoms. The largest absolute Gasteiger partial charge is 0.416 e. The van der Waals surface area contributed by atoms with E-state index in [1.807, 2.05) is 0 Å². The van der Waals surface area contributed by atoms with Crippen molar-refractivity contribution < 1.29 is 4.42 Å². The lowest BCUT2D eigenvalue weighted by Gasteiger charge is -2.26. The predicted molar refractivity (Wildman–Crippen MR) is 69.1 cm³/mol. The maximum atomic E-state index is 9.50. The maximum Gasteiger partial charge on any atom is 0.276 e. The highest BCUT2D eigenvalue weighted by Crippen LogP contribution is 2.42. The number of rotatable bonds is 7. The molecular weight excluding hydrogens is 248 g/mol. The van der Waals surface area contributed by atoms with E-state index >= 15 is 0 Å². The lowest BCUT2D eigenvalue weighted by atomic mass is 9.97. The van der Waals surface area contributed by atoms with Crippen LogP contribution in [0.3, 0.4) is 0 Å². The fraction of sp³-hybridized carbons (Fsp3) is 0.750. The summed E-state index contributed by atoms with van der Waals surface area (Å²) in [5, 5.41) is 21.2. The Kier molecular flexibility index (Phi) is 4.25. The van der Waals surface area contributed by atoms with E-state index in [1.165, 1.54) is 11.8 Å². The molecule has 18 heavy (non-hydrogen) atoms. The fourth-order valence-electron chi connectivity index (χ4n) is 1.91. The molecule has 1 atom stereocenters. The van der Waals surface area contributed by atoms with Crippen molar-refractivity contribution in [2.24, 2.45) is 5.92 Å². The number of aromatic nitrogens is 2. The standard InChI is InChI=1S/C12H18N4OS/c1-3-6-14-12(7-13,10-4-5-10)8-18-11-16-15-9(2)17-11/h10,14H,3-6,8H2,1-2H3. The Morgan fingerprint density at radius 1 is 1.56 bits per heavy atom. The minimum atomic E-state index is -0.441. The molecule has 6 heteroatoms. The Balaban J connectivity index is 1.98. The van der Waals surface area contributed by atoms with E-state index in [4.69, 9.17) is 4.42 Å². The van der Waals surface area contributed by atoms with Crippen LogP contribution in [-0.2, 0) is 0 Å². The number of nitrogens with one attached hydrogen (secondary N) is 1. The van der Waals surface area contributed by atoms with E-state index in [-0.39, 0.29) is 0 Å². The first kappa shape index (κ1) is 13.4. The van der Waals surface area contributed by atoms with Gasteiger partial charge in [0.05, 0.1) is 6.07 Å². The van der Waals surface area contributed by atoms with Gasteiger partial charge in [-0.2, -0.15) is 5.26 Å². The van der Waals surface area contributed by atoms with Gasteiger partial charge in [0.2, 0.25) is 5.89 Å². The van der Waals surface area contributed by atoms with Crippen molar-refractivity contribution in [2.45, 2.75) is 43.9 Å². The number of hydrogen-bond donors (Lipinski definition) is 1. The summed E-state index contributed by atoms with van der Waals surface area (Å²) in [6.07, 6.45) is 3.29. The van der Waals surface area contributed by atoms with Crippen molar-refractivity contribution in [3.05, 3.63) is 5.89 Å². The molecule has 1 aliphatic rings. The van der Waals surface area contributed by atoms with Crippen LogP contribution in [0.4, 0.5) is 0 Å². The van der Waals surface area contributed by atoms with Gasteiger partial charge in [0, 0.05) is 12.7 Å². The summed E-state index contributed by atoms with van der Waals surface area (Å²) < 4.78 is 5.33. The van der Waals surface area contributed by atoms with Crippen LogP contribution >= 0.6 is 11.8 Å². The van der Waals surface area contributed by atoms with Crippen molar-refractivity contribution >= 4 is 11.8 Å². The van der Waals surface area contributed by atoms with Gasteiger partial charge in [0.15, 0.2) is 0 Å². The molecule has 0 radical (unpaired) electrons. The van der Waals surface area contributed by atoms with Crippen LogP contribution in [-0.4, -0.2) is 28.0 Å². The van der Waals surface area contributed by atoms with Crippen molar-refractivity contribution in [3.63, 3.8) is 0 Å². The summed E-state index contributed by atoms with van der Waals surface area (Å²) >= 11 is 1.47. The molecule has 1 unspecified atom stereocenters. The zero-order valence-electron chi connectivity index (χ0n) is 10.8. The second-order valence-corrected chi connectivity index (χ2v) is 5.59. The summed E-state index contributed by atoms with van der Waals surface area (Å²) in [4.78, 5) is 0. The molecule has 98 valence electrons. The minimum Gasteiger partial charge on any atom is -0.416 e. The van der Waals surface area contributed by atoms with Gasteiger partial charge in [0.1, 0.15) is 5.54 Å². The third-order valence-electron chi connectivity index (χ3n) is 3.10. The molecule has 1 saturated carbocycles. The molecule has 0 bridgehead atoms. The lowest BCUT2D eigenvalue weighted by Crippen LogP contribution is -2.48. The van der Waals surface area contributed by atoms with Crippen LogP contribution in [0.1, 0.15) is 32.1 Å². The zero-order valence-corrected chi connectivity index (χ0v) is 11.6. The molecule has 1 aromatic heterocycles. The van der Waals surface area contributed by atoms with Crippen LogP contribution in [0, 0.1) is 24.2 Å². The number of hydrogen-bond acceptors (Lipinski definition) is 6. The predicted octanol–water partition coefficient (Wildman–Crippen LogP) is 2.14. The second kappa shape index (κ2) is 5.72. The van der Waals surface area contributed by atoms with Gasteiger partial charge in [-0.05, 0) is 31.7 Å². The van der Waals surface area contributed by atoms with Gasteiger partial charge in [-0.25, -0.2) is 0 Å². The van der Waals surface area contributed by atoms with Gasteiger partial charge in [-0.15, -0.1) is 10.2 Å². The number of thioether (sulfide) groups is 1. The Hall–Kier alpha value is -1.06. The molecule has 0 aliphatic heterocycles. The van der Waals surface area contributed by atoms with Gasteiger partial charge >= 0.3 is 0 Å². The summed E-state index contributed by atoms with van der Waals surface area (Å²) in [7, 11) is 0. The molecule has 0 amide bonds. The minimum absolute atomic E-state index is 0.441. The molecule has 2 rings (SSSR count). The summed E-state index contributed by atoms with van der Waals surface area (Å²) in [6, 6.07) is 2.47. The molecule has 1 aromatic rings. The summed E-state index contributed by atoms with van der Waals surface area (Å²) in [5.41, 5.74) is -0.441. The Morgan fingerprint density at radius 2 is 2.33 bits per heavy atom. The molecular formula is C12H18N4OS. The molecule has 1 N–H and O–H groups in total. The lowest BCUT2D eigenvalue weighted by molar-refractivity contribution is 0.399. The van der Waals surface area contributed by atoms with E-state index in [1.54, 1.807) is 6.92 Å². The number of nitrogens with zero attached hydrogens (tertiary/aromatic N) is 3. The first-order valence-corrected chi connectivity index (χ1v) is 7.28. The highest BCUT2D eigenvalue weighted by atomic mass is 32.2. The van der Waals surface area contributed by atoms with Crippen LogP contribution < -0.4 is 5.32 Å². The van der Waals surface area contributed by atoms with Gasteiger partial charge in [0.25, 0.3) is 5.22 Å². The van der Waals surface area contributed by atoms with E-state index < -0.39 is 5.54 Å². The van der Waals surface area contributed by atoms with Crippen LogP contribution in [0.5, 0.6) is 0 Å². The smallest absolute Gasteiger partial charge is 0.276 e. The monoisotopic (exact) mass is 266 g/mol. The SMILES string of the molecule is CCCNC(C#N)(CSc1nnc(C)o1)C1CC1. The highest BCUT2D eigenvalue weighted by Gasteiger charge is 2.45. The molecule has 1 heterocycles. The van der Waals surface area contributed by atoms with Crippen molar-refractivity contribution in [1.29, 1.82) is 5.26 Å². The molecule has 0 aromatic carbocycles. The molecule has 0 saturated heterocycles. The normalized spacial score (nSPS) is 18.3. The number of nitriles is 1. The van der Waals surface area contributed by atoms with Crippen molar-refractivity contribution in [3.8, 4) is 6.07 Å². The third-order valence-corrected chi connectivity index (χ3v) is 4.11.